The number of carbonyl (C=O) groups is 1. The van der Waals surface area contributed by atoms with Gasteiger partial charge in [-0.05, 0) is 19.1 Å². The first kappa shape index (κ1) is 12.8. The lowest BCUT2D eigenvalue weighted by molar-refractivity contribution is -0.148. The van der Waals surface area contributed by atoms with Crippen molar-refractivity contribution < 1.29 is 14.6 Å². The van der Waals surface area contributed by atoms with Gasteiger partial charge in [-0.2, -0.15) is 0 Å². The maximum Gasteiger partial charge on any atom is 0.313 e. The molecule has 2 atom stereocenters. The van der Waals surface area contributed by atoms with Gasteiger partial charge in [-0.1, -0.05) is 12.1 Å². The Labute approximate surface area is 115 Å². The number of fused-ring (bicyclic) bond motifs is 1. The molecule has 20 heavy (non-hydrogen) atoms. The fourth-order valence-corrected chi connectivity index (χ4v) is 2.37. The molecular weight excluding hydrogens is 258 g/mol. The number of hydrogen-bond acceptors (Lipinski definition) is 5. The van der Waals surface area contributed by atoms with Crippen LogP contribution in [0.3, 0.4) is 0 Å². The van der Waals surface area contributed by atoms with Gasteiger partial charge in [0.15, 0.2) is 0 Å². The van der Waals surface area contributed by atoms with Crippen molar-refractivity contribution in [1.29, 1.82) is 0 Å². The third-order valence-corrected chi connectivity index (χ3v) is 3.80. The lowest BCUT2D eigenvalue weighted by Gasteiger charge is -2.26. The zero-order chi connectivity index (χ0) is 14.2. The summed E-state index contributed by atoms with van der Waals surface area (Å²) >= 11 is 0. The molecule has 2 unspecified atom stereocenters. The summed E-state index contributed by atoms with van der Waals surface area (Å²) in [7, 11) is 0. The van der Waals surface area contributed by atoms with E-state index in [1.54, 1.807) is 6.92 Å². The maximum atomic E-state index is 11.4. The van der Waals surface area contributed by atoms with Crippen LogP contribution >= 0.6 is 0 Å². The highest BCUT2D eigenvalue weighted by Crippen LogP contribution is 2.32. The van der Waals surface area contributed by atoms with Gasteiger partial charge in [0.2, 0.25) is 0 Å². The van der Waals surface area contributed by atoms with Crippen LogP contribution in [0.4, 0.5) is 5.82 Å². The third-order valence-electron chi connectivity index (χ3n) is 3.80. The molecular formula is C14H15N3O3. The van der Waals surface area contributed by atoms with Gasteiger partial charge in [0.1, 0.15) is 17.6 Å². The molecule has 0 radical (unpaired) electrons. The van der Waals surface area contributed by atoms with E-state index in [2.05, 4.69) is 15.3 Å². The van der Waals surface area contributed by atoms with E-state index in [-0.39, 0.29) is 12.6 Å². The lowest BCUT2D eigenvalue weighted by atomic mass is 9.85. The second kappa shape index (κ2) is 4.72. The van der Waals surface area contributed by atoms with E-state index in [1.807, 2.05) is 24.3 Å². The third kappa shape index (κ3) is 1.98. The quantitative estimate of drug-likeness (QED) is 0.882. The normalized spacial score (nSPS) is 25.8. The number of nitrogens with zero attached hydrogens (tertiary/aromatic N) is 2. The van der Waals surface area contributed by atoms with Crippen molar-refractivity contribution in [2.24, 2.45) is 5.41 Å². The monoisotopic (exact) mass is 273 g/mol. The molecule has 0 spiro atoms. The summed E-state index contributed by atoms with van der Waals surface area (Å²) in [6.07, 6.45) is 1.47. The van der Waals surface area contributed by atoms with Crippen LogP contribution in [0.1, 0.15) is 6.92 Å². The van der Waals surface area contributed by atoms with E-state index in [0.717, 1.165) is 10.9 Å². The SMILES string of the molecule is CC1(C(=O)O)COCC1Nc1ncnc2ccccc12. The standard InChI is InChI=1S/C14H15N3O3/c1-14(13(18)19)7-20-6-11(14)17-12-9-4-2-3-5-10(9)15-8-16-12/h2-5,8,11H,6-7H2,1H3,(H,18,19)(H,15,16,17). The van der Waals surface area contributed by atoms with Crippen molar-refractivity contribution in [3.8, 4) is 0 Å². The van der Waals surface area contributed by atoms with Crippen molar-refractivity contribution in [1.82, 2.24) is 9.97 Å². The minimum Gasteiger partial charge on any atom is -0.481 e. The van der Waals surface area contributed by atoms with E-state index < -0.39 is 11.4 Å². The Hall–Kier alpha value is -2.21. The van der Waals surface area contributed by atoms with Crippen molar-refractivity contribution >= 4 is 22.7 Å². The van der Waals surface area contributed by atoms with Crippen LogP contribution in [0.2, 0.25) is 0 Å². The Bertz CT molecular complexity index is 656. The molecule has 6 nitrogen and oxygen atoms in total. The van der Waals surface area contributed by atoms with Gasteiger partial charge in [0.05, 0.1) is 24.8 Å². The topological polar surface area (TPSA) is 84.3 Å². The Balaban J connectivity index is 1.96. The highest BCUT2D eigenvalue weighted by atomic mass is 16.5. The molecule has 0 bridgehead atoms. The molecule has 1 aromatic carbocycles. The molecule has 2 N–H and O–H groups in total. The zero-order valence-corrected chi connectivity index (χ0v) is 11.0. The first-order valence-electron chi connectivity index (χ1n) is 6.39. The number of ether oxygens (including phenoxy) is 1. The second-order valence-electron chi connectivity index (χ2n) is 5.17. The van der Waals surface area contributed by atoms with Crippen LogP contribution in [0.5, 0.6) is 0 Å². The van der Waals surface area contributed by atoms with Crippen molar-refractivity contribution in [2.75, 3.05) is 18.5 Å². The van der Waals surface area contributed by atoms with Gasteiger partial charge >= 0.3 is 5.97 Å². The van der Waals surface area contributed by atoms with Crippen LogP contribution in [-0.4, -0.2) is 40.3 Å². The van der Waals surface area contributed by atoms with E-state index >= 15 is 0 Å². The average Bonchev–Trinajstić information content (AvgIpc) is 2.82. The minimum atomic E-state index is -0.952. The predicted octanol–water partition coefficient (Wildman–Crippen LogP) is 1.53. The number of para-hydroxylation sites is 1. The summed E-state index contributed by atoms with van der Waals surface area (Å²) in [6, 6.07) is 7.28. The van der Waals surface area contributed by atoms with Gasteiger partial charge in [0, 0.05) is 5.39 Å². The number of carboxylic acid groups (broad SMARTS) is 1. The number of benzene rings is 1. The number of nitrogens with one attached hydrogen (secondary N) is 1. The molecule has 2 aromatic rings. The van der Waals surface area contributed by atoms with Gasteiger partial charge in [-0.25, -0.2) is 9.97 Å². The number of aromatic nitrogens is 2. The fourth-order valence-electron chi connectivity index (χ4n) is 2.37. The Morgan fingerprint density at radius 2 is 2.25 bits per heavy atom. The van der Waals surface area contributed by atoms with E-state index in [1.165, 1.54) is 6.33 Å². The molecule has 1 aliphatic rings. The van der Waals surface area contributed by atoms with Gasteiger partial charge in [-0.15, -0.1) is 0 Å². The molecule has 1 aliphatic heterocycles. The molecule has 3 rings (SSSR count). The maximum absolute atomic E-state index is 11.4. The zero-order valence-electron chi connectivity index (χ0n) is 11.0. The molecule has 1 aromatic heterocycles. The van der Waals surface area contributed by atoms with Crippen molar-refractivity contribution in [2.45, 2.75) is 13.0 Å². The molecule has 6 heteroatoms. The first-order valence-corrected chi connectivity index (χ1v) is 6.39. The summed E-state index contributed by atoms with van der Waals surface area (Å²) in [5, 5.41) is 13.5. The summed E-state index contributed by atoms with van der Waals surface area (Å²) in [4.78, 5) is 19.8. The number of anilines is 1. The largest absolute Gasteiger partial charge is 0.481 e. The minimum absolute atomic E-state index is 0.197. The smallest absolute Gasteiger partial charge is 0.313 e. The van der Waals surface area contributed by atoms with Gasteiger partial charge in [-0.3, -0.25) is 4.79 Å². The molecule has 1 saturated heterocycles. The summed E-state index contributed by atoms with van der Waals surface area (Å²) < 4.78 is 5.33. The molecule has 0 amide bonds. The van der Waals surface area contributed by atoms with Crippen LogP contribution in [0.25, 0.3) is 10.9 Å². The number of aliphatic carboxylic acids is 1. The average molecular weight is 273 g/mol. The summed E-state index contributed by atoms with van der Waals surface area (Å²) in [5.74, 6) is -0.232. The first-order chi connectivity index (χ1) is 9.61. The fraction of sp³-hybridized carbons (Fsp3) is 0.357. The predicted molar refractivity (Wildman–Crippen MR) is 73.5 cm³/mol. The molecule has 1 fully saturated rings. The van der Waals surface area contributed by atoms with Crippen LogP contribution < -0.4 is 5.32 Å². The molecule has 0 saturated carbocycles. The molecule has 2 heterocycles. The number of carboxylic acids is 1. The molecule has 0 aliphatic carbocycles. The number of hydrogen-bond donors (Lipinski definition) is 2. The van der Waals surface area contributed by atoms with Gasteiger partial charge in [0.25, 0.3) is 0 Å². The number of rotatable bonds is 3. The van der Waals surface area contributed by atoms with Crippen LogP contribution in [-0.2, 0) is 9.53 Å². The second-order valence-corrected chi connectivity index (χ2v) is 5.17. The highest BCUT2D eigenvalue weighted by molar-refractivity contribution is 5.89. The highest BCUT2D eigenvalue weighted by Gasteiger charge is 2.46. The summed E-state index contributed by atoms with van der Waals surface area (Å²) in [5.41, 5.74) is -0.132. The van der Waals surface area contributed by atoms with E-state index in [0.29, 0.717) is 12.4 Å². The van der Waals surface area contributed by atoms with E-state index in [9.17, 15) is 9.90 Å². The Kier molecular flexibility index (Phi) is 3.02. The van der Waals surface area contributed by atoms with Crippen LogP contribution in [0, 0.1) is 5.41 Å². The van der Waals surface area contributed by atoms with E-state index in [4.69, 9.17) is 4.74 Å². The Morgan fingerprint density at radius 1 is 1.45 bits per heavy atom. The van der Waals surface area contributed by atoms with Crippen molar-refractivity contribution in [3.63, 3.8) is 0 Å². The van der Waals surface area contributed by atoms with Crippen LogP contribution in [0.15, 0.2) is 30.6 Å². The summed E-state index contributed by atoms with van der Waals surface area (Å²) in [6.45, 7) is 2.23. The van der Waals surface area contributed by atoms with Gasteiger partial charge < -0.3 is 15.2 Å². The van der Waals surface area contributed by atoms with Crippen molar-refractivity contribution in [3.05, 3.63) is 30.6 Å². The lowest BCUT2D eigenvalue weighted by Crippen LogP contribution is -2.43. The Morgan fingerprint density at radius 3 is 3.05 bits per heavy atom. The molecule has 104 valence electrons.